The largest absolute Gasteiger partial charge is 0.377 e. The van der Waals surface area contributed by atoms with Crippen molar-refractivity contribution in [2.24, 2.45) is 0 Å². The molecule has 0 spiro atoms. The van der Waals surface area contributed by atoms with Gasteiger partial charge in [-0.25, -0.2) is 0 Å². The van der Waals surface area contributed by atoms with Crippen molar-refractivity contribution in [3.05, 3.63) is 48.6 Å². The summed E-state index contributed by atoms with van der Waals surface area (Å²) in [6, 6.07) is 0. The van der Waals surface area contributed by atoms with Crippen molar-refractivity contribution in [2.75, 3.05) is 21.3 Å². The van der Waals surface area contributed by atoms with Crippen molar-refractivity contribution in [1.29, 1.82) is 0 Å². The normalized spacial score (nSPS) is 24.0. The molecule has 0 radical (unpaired) electrons. The second-order valence-corrected chi connectivity index (χ2v) is 33.8. The number of aromatic nitrogens is 1. The first-order valence-electron chi connectivity index (χ1n) is 16.0. The van der Waals surface area contributed by atoms with Crippen molar-refractivity contribution >= 4 is 30.4 Å². The van der Waals surface area contributed by atoms with Crippen LogP contribution >= 0.6 is 0 Å². The Hall–Kier alpha value is -0.754. The van der Waals surface area contributed by atoms with Crippen molar-refractivity contribution in [3.63, 3.8) is 0 Å². The number of hydrogen-bond acceptors (Lipinski definition) is 7. The van der Waals surface area contributed by atoms with E-state index >= 15 is 0 Å². The van der Waals surface area contributed by atoms with E-state index in [-0.39, 0.29) is 24.4 Å². The van der Waals surface area contributed by atoms with Crippen molar-refractivity contribution in [1.82, 2.24) is 4.98 Å². The van der Waals surface area contributed by atoms with Gasteiger partial charge in [0.15, 0.2) is 0 Å². The zero-order valence-corrected chi connectivity index (χ0v) is 33.2. The topological polar surface area (TPSA) is 72.2 Å². The molecule has 1 aromatic rings. The molecular formula is C34H61NO6SiSn. The third kappa shape index (κ3) is 10.1. The third-order valence-corrected chi connectivity index (χ3v) is 20.1. The average Bonchev–Trinajstić information content (AvgIpc) is 3.41. The number of rotatable bonds is 17. The Morgan fingerprint density at radius 3 is 2.21 bits per heavy atom. The average molecular weight is 727 g/mol. The van der Waals surface area contributed by atoms with Gasteiger partial charge in [-0.05, 0) is 6.42 Å². The van der Waals surface area contributed by atoms with Gasteiger partial charge in [0, 0.05) is 7.11 Å². The first-order valence-corrected chi connectivity index (χ1v) is 28.1. The first-order chi connectivity index (χ1) is 20.1. The van der Waals surface area contributed by atoms with Crippen LogP contribution in [0.3, 0.4) is 0 Å². The molecule has 0 N–H and O–H groups in total. The molecule has 0 amide bonds. The van der Waals surface area contributed by atoms with E-state index < -0.39 is 32.5 Å². The monoisotopic (exact) mass is 727 g/mol. The van der Waals surface area contributed by atoms with Crippen LogP contribution in [0.2, 0.25) is 31.4 Å². The molecule has 5 atom stereocenters. The van der Waals surface area contributed by atoms with Gasteiger partial charge >= 0.3 is 232 Å². The molecule has 0 bridgehead atoms. The minimum atomic E-state index is -2.39. The maximum Gasteiger partial charge on any atom is 0.0363 e. The maximum absolute atomic E-state index is 7.46. The van der Waals surface area contributed by atoms with Gasteiger partial charge in [-0.1, -0.05) is 6.08 Å². The number of nitrogens with zero attached hydrogens (tertiary/aromatic N) is 1. The summed E-state index contributed by atoms with van der Waals surface area (Å²) < 4.78 is 39.4. The zero-order valence-electron chi connectivity index (χ0n) is 29.4. The van der Waals surface area contributed by atoms with Crippen molar-refractivity contribution in [2.45, 2.75) is 136 Å². The number of ether oxygens (including phenoxy) is 4. The molecule has 0 aliphatic carbocycles. The standard InChI is InChI=1S/C31H52NO6Si.3CH3.Sn/c1-12-13-26(33-9)15-14-25(8)18-29(38-39(22(2)3,23(4)5)24(6)7)28-19-27(34-10)20-31(35-11,37-28)21-30-32-16-17-36-30;;;;/h12,14-15,17-18,22-24,26-29H,1,13,19-21H2,2-11H3;3*1H3;/b15-14+,25-18+;;;;/t26-,27-,28-,29-,31+;;;;/m1..../s1. The second kappa shape index (κ2) is 16.7. The molecule has 246 valence electrons. The van der Waals surface area contributed by atoms with E-state index in [2.05, 4.69) is 88.1 Å². The van der Waals surface area contributed by atoms with Gasteiger partial charge in [0.2, 0.25) is 0 Å². The minimum absolute atomic E-state index is 0.0240. The molecular weight excluding hydrogens is 665 g/mol. The molecule has 0 saturated carbocycles. The Kier molecular flexibility index (Phi) is 14.9. The van der Waals surface area contributed by atoms with E-state index in [1.807, 2.05) is 12.3 Å². The summed E-state index contributed by atoms with van der Waals surface area (Å²) in [5, 5.41) is 0. The quantitative estimate of drug-likeness (QED) is 0.0917. The molecule has 7 nitrogen and oxygen atoms in total. The molecule has 0 aromatic carbocycles. The van der Waals surface area contributed by atoms with E-state index in [9.17, 15) is 0 Å². The third-order valence-electron chi connectivity index (χ3n) is 8.96. The Morgan fingerprint density at radius 1 is 1.12 bits per heavy atom. The van der Waals surface area contributed by atoms with Gasteiger partial charge < -0.3 is 4.74 Å². The summed E-state index contributed by atoms with van der Waals surface area (Å²) in [6.45, 7) is 19.9. The van der Waals surface area contributed by atoms with E-state index in [0.29, 0.717) is 41.8 Å². The molecule has 0 unspecified atom stereocenters. The van der Waals surface area contributed by atoms with Crippen LogP contribution in [0.4, 0.5) is 0 Å². The van der Waals surface area contributed by atoms with Crippen LogP contribution in [0.15, 0.2) is 47.1 Å². The van der Waals surface area contributed by atoms with Crippen LogP contribution in [-0.2, 0) is 29.8 Å². The van der Waals surface area contributed by atoms with Crippen LogP contribution < -0.4 is 3.71 Å². The molecule has 2 heterocycles. The molecule has 1 aliphatic rings. The molecule has 1 saturated heterocycles. The summed E-state index contributed by atoms with van der Waals surface area (Å²) in [5.41, 5.74) is 2.37. The van der Waals surface area contributed by atoms with Gasteiger partial charge in [-0.2, -0.15) is 0 Å². The number of methoxy groups -OCH3 is 3. The maximum atomic E-state index is 7.46. The van der Waals surface area contributed by atoms with Gasteiger partial charge in [0.1, 0.15) is 0 Å². The van der Waals surface area contributed by atoms with Crippen LogP contribution in [-0.4, -0.2) is 83.2 Å². The van der Waals surface area contributed by atoms with Crippen LogP contribution in [0, 0.1) is 0 Å². The van der Waals surface area contributed by atoms with E-state index in [4.69, 9.17) is 32.8 Å². The van der Waals surface area contributed by atoms with Gasteiger partial charge in [-0.15, -0.1) is 6.58 Å². The minimum Gasteiger partial charge on any atom is -0.377 e. The predicted molar refractivity (Wildman–Crippen MR) is 182 cm³/mol. The van der Waals surface area contributed by atoms with E-state index in [0.717, 1.165) is 15.7 Å². The van der Waals surface area contributed by atoms with Crippen LogP contribution in [0.1, 0.15) is 73.6 Å². The van der Waals surface area contributed by atoms with Gasteiger partial charge in [0.25, 0.3) is 0 Å². The molecule has 1 aromatic heterocycles. The Morgan fingerprint density at radius 2 is 1.74 bits per heavy atom. The van der Waals surface area contributed by atoms with E-state index in [1.165, 1.54) is 0 Å². The Labute approximate surface area is 267 Å². The number of allylic oxidation sites excluding steroid dienone is 2. The molecule has 43 heavy (non-hydrogen) atoms. The number of hydrogen-bond donors (Lipinski definition) is 0. The predicted octanol–water partition coefficient (Wildman–Crippen LogP) is 7.95. The summed E-state index contributed by atoms with van der Waals surface area (Å²) >= 11 is -2.39. The summed E-state index contributed by atoms with van der Waals surface area (Å²) in [4.78, 5) is 11.9. The summed E-state index contributed by atoms with van der Waals surface area (Å²) in [6.07, 6.45) is 11.9. The molecule has 1 aliphatic heterocycles. The second-order valence-electron chi connectivity index (χ2n) is 14.1. The fourth-order valence-corrected chi connectivity index (χ4v) is 14.6. The van der Waals surface area contributed by atoms with Gasteiger partial charge in [0.05, 0.1) is 6.10 Å². The smallest absolute Gasteiger partial charge is 0.0363 e. The fourth-order valence-electron chi connectivity index (χ4n) is 6.58. The molecule has 2 rings (SSSR count). The van der Waals surface area contributed by atoms with Crippen molar-refractivity contribution < 1.29 is 27.8 Å². The number of oxazole rings is 1. The Balaban J connectivity index is 2.58. The van der Waals surface area contributed by atoms with Gasteiger partial charge in [-0.3, -0.25) is 0 Å². The zero-order chi connectivity index (χ0) is 32.6. The summed E-state index contributed by atoms with van der Waals surface area (Å²) in [7, 11) is 2.93. The summed E-state index contributed by atoms with van der Waals surface area (Å²) in [5.74, 6) is -0.296. The fraction of sp³-hybridized carbons (Fsp3) is 0.735. The SMILES string of the molecule is C=CC[C@H](/C=C/C(C)=C/[C@@H](O[Si](C(C)C)(C(C)C)C(C)C)[C@H]1C[C@@H](OC)C[C@](Cc2n[c]([Sn]([CH3])([CH3])[CH3])co2)(OC)O1)OC. The van der Waals surface area contributed by atoms with E-state index in [1.54, 1.807) is 21.3 Å². The first kappa shape index (κ1) is 38.4. The van der Waals surface area contributed by atoms with Crippen LogP contribution in [0.25, 0.3) is 0 Å². The van der Waals surface area contributed by atoms with Crippen LogP contribution in [0.5, 0.6) is 0 Å². The molecule has 1 fully saturated rings. The molecule has 9 heteroatoms. The Bertz CT molecular complexity index is 1040. The van der Waals surface area contributed by atoms with Crippen molar-refractivity contribution in [3.8, 4) is 0 Å².